The van der Waals surface area contributed by atoms with Gasteiger partial charge in [-0.3, -0.25) is 4.79 Å². The third kappa shape index (κ3) is 3.30. The van der Waals surface area contributed by atoms with Crippen molar-refractivity contribution in [3.8, 4) is 0 Å². The Morgan fingerprint density at radius 3 is 2.53 bits per heavy atom. The van der Waals surface area contributed by atoms with Crippen LogP contribution >= 0.6 is 23.1 Å². The predicted molar refractivity (Wildman–Crippen MR) is 82.8 cm³/mol. The molecule has 0 aliphatic heterocycles. The van der Waals surface area contributed by atoms with Gasteiger partial charge in [-0.05, 0) is 35.4 Å². The Morgan fingerprint density at radius 1 is 1.32 bits per heavy atom. The summed E-state index contributed by atoms with van der Waals surface area (Å²) in [5, 5.41) is 1.84. The lowest BCUT2D eigenvalue weighted by Crippen LogP contribution is -2.26. The van der Waals surface area contributed by atoms with E-state index in [9.17, 15) is 4.79 Å². The number of amides is 1. The summed E-state index contributed by atoms with van der Waals surface area (Å²) in [6.45, 7) is 0.588. The average molecular weight is 292 g/mol. The molecule has 0 aliphatic carbocycles. The number of carbonyl (C=O) groups excluding carboxylic acids is 1. The van der Waals surface area contributed by atoms with Crippen molar-refractivity contribution in [2.45, 2.75) is 11.4 Å². The SMILES string of the molecule is CSc1ccc(CN(C)C(=O)c2sccc2N)cc1. The normalized spacial score (nSPS) is 10.4. The molecule has 2 aromatic rings. The van der Waals surface area contributed by atoms with Gasteiger partial charge in [-0.2, -0.15) is 0 Å². The Hall–Kier alpha value is -1.46. The van der Waals surface area contributed by atoms with Crippen molar-refractivity contribution in [1.82, 2.24) is 4.90 Å². The first-order valence-electron chi connectivity index (χ1n) is 5.83. The van der Waals surface area contributed by atoms with Crippen LogP contribution < -0.4 is 5.73 Å². The molecule has 1 aromatic carbocycles. The van der Waals surface area contributed by atoms with Crippen LogP contribution in [-0.4, -0.2) is 24.1 Å². The van der Waals surface area contributed by atoms with Gasteiger partial charge in [-0.25, -0.2) is 0 Å². The maximum Gasteiger partial charge on any atom is 0.266 e. The second-order valence-corrected chi connectivity index (χ2v) is 6.01. The molecule has 1 heterocycles. The molecule has 0 atom stereocenters. The number of thioether (sulfide) groups is 1. The van der Waals surface area contributed by atoms with Gasteiger partial charge in [0.2, 0.25) is 0 Å². The molecule has 0 aliphatic rings. The van der Waals surface area contributed by atoms with E-state index in [0.717, 1.165) is 5.56 Å². The molecule has 0 saturated heterocycles. The fourth-order valence-electron chi connectivity index (χ4n) is 1.74. The lowest BCUT2D eigenvalue weighted by Gasteiger charge is -2.17. The first-order valence-corrected chi connectivity index (χ1v) is 7.93. The molecule has 0 bridgehead atoms. The van der Waals surface area contributed by atoms with Crippen molar-refractivity contribution in [2.75, 3.05) is 19.0 Å². The van der Waals surface area contributed by atoms with Gasteiger partial charge in [0.1, 0.15) is 4.88 Å². The number of hydrogen-bond donors (Lipinski definition) is 1. The molecule has 19 heavy (non-hydrogen) atoms. The topological polar surface area (TPSA) is 46.3 Å². The third-order valence-electron chi connectivity index (χ3n) is 2.82. The predicted octanol–water partition coefficient (Wildman–Crippen LogP) is 3.32. The van der Waals surface area contributed by atoms with E-state index < -0.39 is 0 Å². The Kier molecular flexibility index (Phi) is 4.50. The molecular weight excluding hydrogens is 276 g/mol. The lowest BCUT2D eigenvalue weighted by molar-refractivity contribution is 0.0791. The number of benzene rings is 1. The van der Waals surface area contributed by atoms with Gasteiger partial charge in [0.15, 0.2) is 0 Å². The van der Waals surface area contributed by atoms with Crippen LogP contribution in [0.15, 0.2) is 40.6 Å². The Bertz CT molecular complexity index is 563. The van der Waals surface area contributed by atoms with Gasteiger partial charge in [0.25, 0.3) is 5.91 Å². The second kappa shape index (κ2) is 6.12. The number of rotatable bonds is 4. The molecule has 1 aromatic heterocycles. The van der Waals surface area contributed by atoms with Crippen LogP contribution in [0.25, 0.3) is 0 Å². The average Bonchev–Trinajstić information content (AvgIpc) is 2.85. The molecule has 0 spiro atoms. The van der Waals surface area contributed by atoms with Crippen LogP contribution in [0.4, 0.5) is 5.69 Å². The molecule has 0 radical (unpaired) electrons. The first kappa shape index (κ1) is 14.0. The van der Waals surface area contributed by atoms with Gasteiger partial charge >= 0.3 is 0 Å². The zero-order chi connectivity index (χ0) is 13.8. The number of thiophene rings is 1. The monoisotopic (exact) mass is 292 g/mol. The molecule has 1 amide bonds. The fourth-order valence-corrected chi connectivity index (χ4v) is 2.96. The minimum Gasteiger partial charge on any atom is -0.397 e. The highest BCUT2D eigenvalue weighted by molar-refractivity contribution is 7.98. The van der Waals surface area contributed by atoms with E-state index >= 15 is 0 Å². The minimum atomic E-state index is -0.0264. The van der Waals surface area contributed by atoms with E-state index in [0.29, 0.717) is 17.1 Å². The van der Waals surface area contributed by atoms with Gasteiger partial charge < -0.3 is 10.6 Å². The summed E-state index contributed by atoms with van der Waals surface area (Å²) in [5.74, 6) is -0.0264. The molecule has 100 valence electrons. The van der Waals surface area contributed by atoms with E-state index in [2.05, 4.69) is 12.1 Å². The number of anilines is 1. The van der Waals surface area contributed by atoms with Crippen LogP contribution in [-0.2, 0) is 6.54 Å². The Balaban J connectivity index is 2.06. The third-order valence-corrected chi connectivity index (χ3v) is 4.48. The highest BCUT2D eigenvalue weighted by atomic mass is 32.2. The molecule has 3 nitrogen and oxygen atoms in total. The van der Waals surface area contributed by atoms with Gasteiger partial charge in [-0.1, -0.05) is 12.1 Å². The van der Waals surface area contributed by atoms with E-state index in [1.165, 1.54) is 16.2 Å². The lowest BCUT2D eigenvalue weighted by atomic mass is 10.2. The van der Waals surface area contributed by atoms with Crippen molar-refractivity contribution in [1.29, 1.82) is 0 Å². The van der Waals surface area contributed by atoms with Crippen LogP contribution in [0.2, 0.25) is 0 Å². The van der Waals surface area contributed by atoms with Crippen LogP contribution in [0.5, 0.6) is 0 Å². The van der Waals surface area contributed by atoms with Gasteiger partial charge in [-0.15, -0.1) is 23.1 Å². The second-order valence-electron chi connectivity index (χ2n) is 4.21. The molecule has 0 unspecified atom stereocenters. The molecule has 0 saturated carbocycles. The van der Waals surface area contributed by atoms with Gasteiger partial charge in [0.05, 0.1) is 5.69 Å². The highest BCUT2D eigenvalue weighted by Gasteiger charge is 2.16. The summed E-state index contributed by atoms with van der Waals surface area (Å²) in [5.41, 5.74) is 7.44. The number of hydrogen-bond acceptors (Lipinski definition) is 4. The first-order chi connectivity index (χ1) is 9.11. The summed E-state index contributed by atoms with van der Waals surface area (Å²) in [6, 6.07) is 10.00. The van der Waals surface area contributed by atoms with Crippen molar-refractivity contribution in [3.63, 3.8) is 0 Å². The smallest absolute Gasteiger partial charge is 0.266 e. The zero-order valence-corrected chi connectivity index (χ0v) is 12.6. The standard InChI is InChI=1S/C14H16N2OS2/c1-16(14(17)13-12(15)7-8-19-13)9-10-3-5-11(18-2)6-4-10/h3-8H,9,15H2,1-2H3. The van der Waals surface area contributed by atoms with Crippen LogP contribution in [0.3, 0.4) is 0 Å². The maximum atomic E-state index is 12.2. The summed E-state index contributed by atoms with van der Waals surface area (Å²) in [4.78, 5) is 15.7. The quantitative estimate of drug-likeness (QED) is 0.879. The zero-order valence-electron chi connectivity index (χ0n) is 10.9. The van der Waals surface area contributed by atoms with Crippen molar-refractivity contribution in [2.24, 2.45) is 0 Å². The summed E-state index contributed by atoms with van der Waals surface area (Å²) in [7, 11) is 1.80. The summed E-state index contributed by atoms with van der Waals surface area (Å²) in [6.07, 6.45) is 2.05. The Labute approximate surface area is 121 Å². The fraction of sp³-hybridized carbons (Fsp3) is 0.214. The number of carbonyl (C=O) groups is 1. The number of nitrogens with zero attached hydrogens (tertiary/aromatic N) is 1. The van der Waals surface area contributed by atoms with E-state index in [4.69, 9.17) is 5.73 Å². The van der Waals surface area contributed by atoms with Gasteiger partial charge in [0, 0.05) is 18.5 Å². The molecule has 0 fully saturated rings. The minimum absolute atomic E-state index is 0.0264. The largest absolute Gasteiger partial charge is 0.397 e. The van der Waals surface area contributed by atoms with Crippen molar-refractivity contribution < 1.29 is 4.79 Å². The highest BCUT2D eigenvalue weighted by Crippen LogP contribution is 2.21. The van der Waals surface area contributed by atoms with Crippen molar-refractivity contribution in [3.05, 3.63) is 46.2 Å². The molecule has 2 N–H and O–H groups in total. The van der Waals surface area contributed by atoms with Crippen LogP contribution in [0, 0.1) is 0 Å². The number of nitrogen functional groups attached to an aromatic ring is 1. The van der Waals surface area contributed by atoms with Crippen molar-refractivity contribution >= 4 is 34.7 Å². The molecular formula is C14H16N2OS2. The van der Waals surface area contributed by atoms with Crippen LogP contribution in [0.1, 0.15) is 15.2 Å². The number of nitrogens with two attached hydrogens (primary N) is 1. The van der Waals surface area contributed by atoms with E-state index in [-0.39, 0.29) is 5.91 Å². The molecule has 5 heteroatoms. The van der Waals surface area contributed by atoms with E-state index in [1.54, 1.807) is 29.8 Å². The summed E-state index contributed by atoms with van der Waals surface area (Å²) >= 11 is 3.09. The van der Waals surface area contributed by atoms with E-state index in [1.807, 2.05) is 23.8 Å². The Morgan fingerprint density at radius 2 is 2.00 bits per heavy atom. The maximum absolute atomic E-state index is 12.2. The molecule has 2 rings (SSSR count). The summed E-state index contributed by atoms with van der Waals surface area (Å²) < 4.78 is 0.